The fraction of sp³-hybridized carbons (Fsp3) is 0.300. The molecule has 1 aliphatic rings. The summed E-state index contributed by atoms with van der Waals surface area (Å²) < 4.78 is 5.19. The first-order valence-electron chi connectivity index (χ1n) is 4.68. The molecule has 0 bridgehead atoms. The van der Waals surface area contributed by atoms with Gasteiger partial charge in [-0.25, -0.2) is 0 Å². The fourth-order valence-electron chi connectivity index (χ4n) is 1.12. The summed E-state index contributed by atoms with van der Waals surface area (Å²) in [5.41, 5.74) is 0.718. The Kier molecular flexibility index (Phi) is 4.84. The van der Waals surface area contributed by atoms with E-state index in [1.165, 1.54) is 10.8 Å². The van der Waals surface area contributed by atoms with Gasteiger partial charge in [0.25, 0.3) is 5.91 Å². The lowest BCUT2D eigenvalue weighted by atomic mass is 10.2. The molecule has 1 N–H and O–H groups in total. The van der Waals surface area contributed by atoms with Gasteiger partial charge >= 0.3 is 0 Å². The van der Waals surface area contributed by atoms with Crippen molar-refractivity contribution in [2.45, 2.75) is 18.7 Å². The number of amides is 1. The number of ether oxygens (including phenoxy) is 1. The summed E-state index contributed by atoms with van der Waals surface area (Å²) in [5, 5.41) is 2.72. The van der Waals surface area contributed by atoms with E-state index in [4.69, 9.17) is 4.74 Å². The lowest BCUT2D eigenvalue weighted by molar-refractivity contribution is -0.118. The number of hydrogen-bond donors (Lipinski definition) is 2. The number of thiol groups is 1. The summed E-state index contributed by atoms with van der Waals surface area (Å²) in [5.74, 6) is 0.597. The molecule has 15 heavy (non-hydrogen) atoms. The lowest BCUT2D eigenvalue weighted by Gasteiger charge is -2.17. The Labute approximate surface area is 98.4 Å². The van der Waals surface area contributed by atoms with Crippen LogP contribution < -0.4 is 10.1 Å². The molecule has 0 saturated heterocycles. The lowest BCUT2D eigenvalue weighted by Crippen LogP contribution is -2.25. The average Bonchev–Trinajstić information content (AvgIpc) is 2.30. The number of nitrogens with one attached hydrogen (secondary N) is 1. The second kappa shape index (κ2) is 5.92. The number of hydrogen-bond acceptors (Lipinski definition) is 4. The van der Waals surface area contributed by atoms with Gasteiger partial charge in [0.2, 0.25) is 0 Å². The molecule has 0 radical (unpaired) electrons. The van der Waals surface area contributed by atoms with Crippen molar-refractivity contribution in [1.29, 1.82) is 0 Å². The maximum Gasteiger partial charge on any atom is 0.262 e. The van der Waals surface area contributed by atoms with E-state index in [0.717, 1.165) is 10.6 Å². The molecule has 0 saturated carbocycles. The zero-order valence-corrected chi connectivity index (χ0v) is 10.3. The first-order chi connectivity index (χ1) is 7.29. The summed E-state index contributed by atoms with van der Waals surface area (Å²) in [7, 11) is 1.33. The smallest absolute Gasteiger partial charge is 0.262 e. The standard InChI is InChI=1S/C8H7NO2S2.C2H6/c10-8-4-11-7-2-1-5(13-12)3-6(7)9-8;1-2/h1-3,12H,4H2,(H,9,10);1-2H3. The Morgan fingerprint density at radius 3 is 2.87 bits per heavy atom. The molecule has 1 aromatic rings. The molecule has 1 aliphatic heterocycles. The van der Waals surface area contributed by atoms with Gasteiger partial charge in [-0.05, 0) is 18.2 Å². The largest absolute Gasteiger partial charge is 0.482 e. The number of fused-ring (bicyclic) bond motifs is 1. The third kappa shape index (κ3) is 3.07. The van der Waals surface area contributed by atoms with Crippen LogP contribution in [-0.2, 0) is 4.79 Å². The van der Waals surface area contributed by atoms with E-state index in [2.05, 4.69) is 17.0 Å². The van der Waals surface area contributed by atoms with E-state index in [9.17, 15) is 4.79 Å². The van der Waals surface area contributed by atoms with Gasteiger partial charge in [0.15, 0.2) is 6.61 Å². The summed E-state index contributed by atoms with van der Waals surface area (Å²) >= 11 is 4.06. The molecule has 5 heteroatoms. The van der Waals surface area contributed by atoms with Gasteiger partial charge in [0, 0.05) is 4.90 Å². The minimum Gasteiger partial charge on any atom is -0.482 e. The summed E-state index contributed by atoms with van der Waals surface area (Å²) in [6.45, 7) is 4.10. The first kappa shape index (κ1) is 12.3. The molecular formula is C10H13NO2S2. The second-order valence-electron chi connectivity index (χ2n) is 2.59. The van der Waals surface area contributed by atoms with Crippen molar-refractivity contribution in [2.75, 3.05) is 11.9 Å². The predicted octanol–water partition coefficient (Wildman–Crippen LogP) is 2.98. The van der Waals surface area contributed by atoms with Crippen LogP contribution >= 0.6 is 22.5 Å². The molecule has 0 aromatic heterocycles. The van der Waals surface area contributed by atoms with Crippen LogP contribution in [0.4, 0.5) is 5.69 Å². The third-order valence-electron chi connectivity index (χ3n) is 1.69. The van der Waals surface area contributed by atoms with Gasteiger partial charge in [-0.2, -0.15) is 0 Å². The van der Waals surface area contributed by atoms with Crippen molar-refractivity contribution in [3.8, 4) is 5.75 Å². The van der Waals surface area contributed by atoms with Gasteiger partial charge in [-0.3, -0.25) is 4.79 Å². The summed E-state index contributed by atoms with van der Waals surface area (Å²) in [4.78, 5) is 11.9. The molecule has 0 aliphatic carbocycles. The molecule has 0 spiro atoms. The molecule has 2 rings (SSSR count). The summed E-state index contributed by atoms with van der Waals surface area (Å²) in [6, 6.07) is 5.56. The van der Waals surface area contributed by atoms with Crippen LogP contribution in [0.1, 0.15) is 13.8 Å². The fourth-order valence-corrected chi connectivity index (χ4v) is 1.76. The molecule has 0 fully saturated rings. The van der Waals surface area contributed by atoms with Gasteiger partial charge in [-0.1, -0.05) is 24.6 Å². The molecule has 1 amide bonds. The van der Waals surface area contributed by atoms with E-state index in [1.54, 1.807) is 0 Å². The Balaban J connectivity index is 0.000000531. The molecular weight excluding hydrogens is 230 g/mol. The van der Waals surface area contributed by atoms with E-state index >= 15 is 0 Å². The van der Waals surface area contributed by atoms with E-state index in [-0.39, 0.29) is 12.5 Å². The molecule has 82 valence electrons. The van der Waals surface area contributed by atoms with Crippen LogP contribution in [0.3, 0.4) is 0 Å². The molecule has 1 aromatic carbocycles. The zero-order valence-electron chi connectivity index (χ0n) is 8.61. The number of carbonyl (C=O) groups excluding carboxylic acids is 1. The van der Waals surface area contributed by atoms with Crippen molar-refractivity contribution in [2.24, 2.45) is 0 Å². The number of anilines is 1. The quantitative estimate of drug-likeness (QED) is 0.588. The molecule has 0 atom stereocenters. The van der Waals surface area contributed by atoms with E-state index in [0.29, 0.717) is 5.75 Å². The zero-order chi connectivity index (χ0) is 11.3. The second-order valence-corrected chi connectivity index (χ2v) is 3.79. The van der Waals surface area contributed by atoms with Crippen molar-refractivity contribution < 1.29 is 9.53 Å². The van der Waals surface area contributed by atoms with Gasteiger partial charge in [0.1, 0.15) is 5.75 Å². The predicted molar refractivity (Wildman–Crippen MR) is 66.8 cm³/mol. The Morgan fingerprint density at radius 2 is 2.20 bits per heavy atom. The van der Waals surface area contributed by atoms with Crippen LogP contribution in [0, 0.1) is 0 Å². The first-order valence-corrected chi connectivity index (χ1v) is 6.54. The highest BCUT2D eigenvalue weighted by atomic mass is 33.1. The van der Waals surface area contributed by atoms with Crippen LogP contribution in [0.25, 0.3) is 0 Å². The molecule has 0 unspecified atom stereocenters. The minimum absolute atomic E-state index is 0.0976. The average molecular weight is 243 g/mol. The highest BCUT2D eigenvalue weighted by Gasteiger charge is 2.15. The maximum atomic E-state index is 11.0. The highest BCUT2D eigenvalue weighted by Crippen LogP contribution is 2.33. The third-order valence-corrected chi connectivity index (χ3v) is 2.79. The van der Waals surface area contributed by atoms with Crippen molar-refractivity contribution in [3.63, 3.8) is 0 Å². The van der Waals surface area contributed by atoms with Crippen LogP contribution in [-0.4, -0.2) is 12.5 Å². The van der Waals surface area contributed by atoms with Crippen molar-refractivity contribution in [3.05, 3.63) is 18.2 Å². The Morgan fingerprint density at radius 1 is 1.47 bits per heavy atom. The van der Waals surface area contributed by atoms with E-state index < -0.39 is 0 Å². The Bertz CT molecular complexity index is 355. The summed E-state index contributed by atoms with van der Waals surface area (Å²) in [6.07, 6.45) is 0. The molecule has 3 nitrogen and oxygen atoms in total. The van der Waals surface area contributed by atoms with Crippen LogP contribution in [0.2, 0.25) is 0 Å². The van der Waals surface area contributed by atoms with Gasteiger partial charge < -0.3 is 10.1 Å². The van der Waals surface area contributed by atoms with E-state index in [1.807, 2.05) is 32.0 Å². The number of carbonyl (C=O) groups is 1. The highest BCUT2D eigenvalue weighted by molar-refractivity contribution is 8.68. The maximum absolute atomic E-state index is 11.0. The minimum atomic E-state index is -0.117. The normalized spacial score (nSPS) is 12.9. The monoisotopic (exact) mass is 243 g/mol. The topological polar surface area (TPSA) is 38.3 Å². The van der Waals surface area contributed by atoms with Crippen LogP contribution in [0.5, 0.6) is 5.75 Å². The van der Waals surface area contributed by atoms with Crippen LogP contribution in [0.15, 0.2) is 23.1 Å². The van der Waals surface area contributed by atoms with Crippen molar-refractivity contribution >= 4 is 34.0 Å². The number of rotatable bonds is 1. The van der Waals surface area contributed by atoms with Gasteiger partial charge in [-0.15, -0.1) is 11.7 Å². The Hall–Kier alpha value is -0.810. The van der Waals surface area contributed by atoms with Gasteiger partial charge in [0.05, 0.1) is 5.69 Å². The van der Waals surface area contributed by atoms with Crippen molar-refractivity contribution in [1.82, 2.24) is 0 Å². The molecule has 1 heterocycles. The number of benzene rings is 1. The SMILES string of the molecule is CC.O=C1COc2ccc(SS)cc2N1.